The molecule has 0 aromatic carbocycles. The summed E-state index contributed by atoms with van der Waals surface area (Å²) in [5, 5.41) is 8.99. The smallest absolute Gasteiger partial charge is 0.254 e. The number of anilines is 2. The number of aliphatic hydroxyl groups is 1. The lowest BCUT2D eigenvalue weighted by Gasteiger charge is -2.23. The molecule has 0 bridgehead atoms. The molecule has 0 saturated carbocycles. The summed E-state index contributed by atoms with van der Waals surface area (Å²) in [4.78, 5) is 23.6. The molecule has 110 valence electrons. The maximum absolute atomic E-state index is 11.5. The van der Waals surface area contributed by atoms with E-state index >= 15 is 0 Å². The Morgan fingerprint density at radius 2 is 2.15 bits per heavy atom. The van der Waals surface area contributed by atoms with Gasteiger partial charge in [-0.25, -0.2) is 4.98 Å². The quantitative estimate of drug-likeness (QED) is 0.624. The first-order valence-corrected chi connectivity index (χ1v) is 6.62. The number of carbonyl (C=O) groups is 1. The highest BCUT2D eigenvalue weighted by Gasteiger charge is 2.21. The second kappa shape index (κ2) is 6.49. The molecule has 1 aromatic rings. The van der Waals surface area contributed by atoms with Crippen LogP contribution in [0.4, 0.5) is 11.8 Å². The fourth-order valence-electron chi connectivity index (χ4n) is 2.35. The number of hydrogen-bond donors (Lipinski definition) is 3. The molecule has 0 spiro atoms. The number of nitrogens with zero attached hydrogens (tertiary/aromatic N) is 4. The molecule has 0 atom stereocenters. The molecule has 8 heteroatoms. The minimum absolute atomic E-state index is 0.126. The van der Waals surface area contributed by atoms with Crippen LogP contribution in [0.2, 0.25) is 0 Å². The molecule has 2 rings (SSSR count). The van der Waals surface area contributed by atoms with Crippen molar-refractivity contribution >= 4 is 17.7 Å². The van der Waals surface area contributed by atoms with Gasteiger partial charge in [0.05, 0.1) is 6.61 Å². The van der Waals surface area contributed by atoms with E-state index in [4.69, 9.17) is 16.6 Å². The van der Waals surface area contributed by atoms with E-state index in [1.807, 2.05) is 4.90 Å². The minimum atomic E-state index is -0.559. The van der Waals surface area contributed by atoms with E-state index in [0.717, 1.165) is 26.1 Å². The predicted octanol–water partition coefficient (Wildman–Crippen LogP) is -1.34. The molecule has 0 radical (unpaired) electrons. The Morgan fingerprint density at radius 3 is 2.85 bits per heavy atom. The summed E-state index contributed by atoms with van der Waals surface area (Å²) in [5.74, 6) is 0.0637. The number of amides is 1. The summed E-state index contributed by atoms with van der Waals surface area (Å²) >= 11 is 0. The molecular weight excluding hydrogens is 260 g/mol. The van der Waals surface area contributed by atoms with Gasteiger partial charge in [-0.15, -0.1) is 0 Å². The van der Waals surface area contributed by atoms with Crippen LogP contribution >= 0.6 is 0 Å². The molecule has 2 heterocycles. The van der Waals surface area contributed by atoms with Gasteiger partial charge in [0.1, 0.15) is 11.4 Å². The Balaban J connectivity index is 2.18. The lowest BCUT2D eigenvalue weighted by molar-refractivity contribution is 0.1000. The second-order valence-corrected chi connectivity index (χ2v) is 4.74. The minimum Gasteiger partial charge on any atom is -0.395 e. The van der Waals surface area contributed by atoms with Gasteiger partial charge >= 0.3 is 0 Å². The predicted molar refractivity (Wildman–Crippen MR) is 75.3 cm³/mol. The average molecular weight is 280 g/mol. The Morgan fingerprint density at radius 1 is 1.35 bits per heavy atom. The van der Waals surface area contributed by atoms with E-state index in [2.05, 4.69) is 14.9 Å². The monoisotopic (exact) mass is 280 g/mol. The molecule has 1 aromatic heterocycles. The van der Waals surface area contributed by atoms with Crippen molar-refractivity contribution in [2.45, 2.75) is 6.42 Å². The number of nitrogens with two attached hydrogens (primary N) is 2. The normalized spacial score (nSPS) is 16.9. The Kier molecular flexibility index (Phi) is 4.70. The molecule has 0 aliphatic carbocycles. The maximum atomic E-state index is 11.5. The third-order valence-electron chi connectivity index (χ3n) is 3.36. The summed E-state index contributed by atoms with van der Waals surface area (Å²) in [6, 6.07) is 0. The van der Waals surface area contributed by atoms with E-state index in [-0.39, 0.29) is 18.1 Å². The number of aliphatic hydroxyl groups excluding tert-OH is 1. The molecule has 20 heavy (non-hydrogen) atoms. The first kappa shape index (κ1) is 14.5. The van der Waals surface area contributed by atoms with E-state index < -0.39 is 5.91 Å². The summed E-state index contributed by atoms with van der Waals surface area (Å²) in [5.41, 5.74) is 11.2. The number of aromatic nitrogens is 2. The van der Waals surface area contributed by atoms with Gasteiger partial charge < -0.3 is 21.5 Å². The van der Waals surface area contributed by atoms with Crippen molar-refractivity contribution in [2.24, 2.45) is 5.73 Å². The molecule has 1 aliphatic rings. The van der Waals surface area contributed by atoms with Gasteiger partial charge in [0.2, 0.25) is 5.95 Å². The van der Waals surface area contributed by atoms with Gasteiger partial charge in [-0.1, -0.05) is 0 Å². The van der Waals surface area contributed by atoms with E-state index in [9.17, 15) is 4.79 Å². The molecule has 1 aliphatic heterocycles. The number of nitrogen functional groups attached to an aromatic ring is 1. The van der Waals surface area contributed by atoms with Gasteiger partial charge in [0, 0.05) is 32.4 Å². The first-order chi connectivity index (χ1) is 9.61. The van der Waals surface area contributed by atoms with Crippen molar-refractivity contribution in [3.63, 3.8) is 0 Å². The van der Waals surface area contributed by atoms with Crippen LogP contribution in [0.1, 0.15) is 16.8 Å². The number of β-amino-alcohol motifs (C(OH)–C–C–N with tert-alkyl or cyclic N) is 1. The average Bonchev–Trinajstić information content (AvgIpc) is 2.64. The molecule has 8 nitrogen and oxygen atoms in total. The molecule has 1 saturated heterocycles. The topological polar surface area (TPSA) is 122 Å². The van der Waals surface area contributed by atoms with Crippen molar-refractivity contribution in [3.8, 4) is 0 Å². The van der Waals surface area contributed by atoms with Crippen LogP contribution in [0.5, 0.6) is 0 Å². The highest BCUT2D eigenvalue weighted by atomic mass is 16.3. The SMILES string of the molecule is NC(=O)c1cnc(N)nc1N1CCCN(CCO)CC1. The van der Waals surface area contributed by atoms with Crippen molar-refractivity contribution in [2.75, 3.05) is 50.0 Å². The van der Waals surface area contributed by atoms with E-state index in [0.29, 0.717) is 18.9 Å². The molecule has 1 fully saturated rings. The zero-order valence-electron chi connectivity index (χ0n) is 11.3. The van der Waals surface area contributed by atoms with E-state index in [1.54, 1.807) is 0 Å². The zero-order valence-corrected chi connectivity index (χ0v) is 11.3. The fraction of sp³-hybridized carbons (Fsp3) is 0.583. The summed E-state index contributed by atoms with van der Waals surface area (Å²) in [7, 11) is 0. The summed E-state index contributed by atoms with van der Waals surface area (Å²) < 4.78 is 0. The van der Waals surface area contributed by atoms with Crippen LogP contribution in [0.25, 0.3) is 0 Å². The van der Waals surface area contributed by atoms with Crippen LogP contribution in [0, 0.1) is 0 Å². The lowest BCUT2D eigenvalue weighted by Crippen LogP contribution is -2.34. The van der Waals surface area contributed by atoms with Crippen molar-refractivity contribution in [3.05, 3.63) is 11.8 Å². The third kappa shape index (κ3) is 3.34. The number of hydrogen-bond acceptors (Lipinski definition) is 7. The van der Waals surface area contributed by atoms with Crippen molar-refractivity contribution in [1.29, 1.82) is 0 Å². The standard InChI is InChI=1S/C12H20N6O2/c13-10(20)9-8-15-12(14)16-11(9)18-3-1-2-17(4-5-18)6-7-19/h8,19H,1-7H2,(H2,13,20)(H2,14,15,16). The van der Waals surface area contributed by atoms with Crippen LogP contribution in [-0.4, -0.2) is 65.2 Å². The van der Waals surface area contributed by atoms with Crippen molar-refractivity contribution < 1.29 is 9.90 Å². The lowest BCUT2D eigenvalue weighted by atomic mass is 10.2. The number of primary amides is 1. The first-order valence-electron chi connectivity index (χ1n) is 6.62. The molecule has 0 unspecified atom stereocenters. The third-order valence-corrected chi connectivity index (χ3v) is 3.36. The molecule has 5 N–H and O–H groups in total. The summed E-state index contributed by atoms with van der Waals surface area (Å²) in [6.45, 7) is 3.97. The largest absolute Gasteiger partial charge is 0.395 e. The van der Waals surface area contributed by atoms with Gasteiger partial charge in [-0.3, -0.25) is 9.69 Å². The van der Waals surface area contributed by atoms with Gasteiger partial charge in [0.25, 0.3) is 5.91 Å². The Bertz CT molecular complexity index is 481. The summed E-state index contributed by atoms with van der Waals surface area (Å²) in [6.07, 6.45) is 2.29. The highest BCUT2D eigenvalue weighted by molar-refractivity contribution is 5.97. The van der Waals surface area contributed by atoms with E-state index in [1.165, 1.54) is 6.20 Å². The van der Waals surface area contributed by atoms with Crippen LogP contribution in [-0.2, 0) is 0 Å². The second-order valence-electron chi connectivity index (χ2n) is 4.74. The van der Waals surface area contributed by atoms with Gasteiger partial charge in [-0.2, -0.15) is 4.98 Å². The Hall–Kier alpha value is -1.93. The fourth-order valence-corrected chi connectivity index (χ4v) is 2.35. The van der Waals surface area contributed by atoms with Crippen LogP contribution in [0.3, 0.4) is 0 Å². The van der Waals surface area contributed by atoms with Gasteiger partial charge in [0.15, 0.2) is 0 Å². The number of rotatable bonds is 4. The van der Waals surface area contributed by atoms with Crippen molar-refractivity contribution in [1.82, 2.24) is 14.9 Å². The maximum Gasteiger partial charge on any atom is 0.254 e. The van der Waals surface area contributed by atoms with Crippen LogP contribution < -0.4 is 16.4 Å². The number of carbonyl (C=O) groups excluding carboxylic acids is 1. The molecular formula is C12H20N6O2. The van der Waals surface area contributed by atoms with Gasteiger partial charge in [-0.05, 0) is 13.0 Å². The highest BCUT2D eigenvalue weighted by Crippen LogP contribution is 2.19. The van der Waals surface area contributed by atoms with Crippen LogP contribution in [0.15, 0.2) is 6.20 Å². The Labute approximate surface area is 117 Å². The molecule has 1 amide bonds. The zero-order chi connectivity index (χ0) is 14.5.